The SMILES string of the molecule is CNC(Cc1ccsc1)c1cncc2ccccc12. The highest BCUT2D eigenvalue weighted by Gasteiger charge is 2.13. The summed E-state index contributed by atoms with van der Waals surface area (Å²) in [4.78, 5) is 4.37. The van der Waals surface area contributed by atoms with Gasteiger partial charge in [0, 0.05) is 23.8 Å². The molecule has 0 saturated carbocycles. The normalized spacial score (nSPS) is 12.7. The quantitative estimate of drug-likeness (QED) is 0.778. The summed E-state index contributed by atoms with van der Waals surface area (Å²) in [5.74, 6) is 0. The summed E-state index contributed by atoms with van der Waals surface area (Å²) in [6.45, 7) is 0. The molecule has 0 radical (unpaired) electrons. The number of rotatable bonds is 4. The molecular weight excluding hydrogens is 252 g/mol. The number of pyridine rings is 1. The Morgan fingerprint density at radius 2 is 2.11 bits per heavy atom. The van der Waals surface area contributed by atoms with E-state index in [-0.39, 0.29) is 0 Å². The number of thiophene rings is 1. The van der Waals surface area contributed by atoms with Crippen molar-refractivity contribution in [1.29, 1.82) is 0 Å². The minimum Gasteiger partial charge on any atom is -0.313 e. The minimum absolute atomic E-state index is 0.299. The van der Waals surface area contributed by atoms with E-state index in [1.807, 2.05) is 19.4 Å². The van der Waals surface area contributed by atoms with Gasteiger partial charge in [-0.15, -0.1) is 0 Å². The number of nitrogens with zero attached hydrogens (tertiary/aromatic N) is 1. The van der Waals surface area contributed by atoms with Gasteiger partial charge in [0.25, 0.3) is 0 Å². The third-order valence-corrected chi connectivity index (χ3v) is 4.17. The van der Waals surface area contributed by atoms with Crippen LogP contribution in [-0.4, -0.2) is 12.0 Å². The first-order chi connectivity index (χ1) is 9.38. The van der Waals surface area contributed by atoms with Crippen LogP contribution in [0.15, 0.2) is 53.5 Å². The molecule has 2 heterocycles. The molecule has 2 aromatic heterocycles. The van der Waals surface area contributed by atoms with Gasteiger partial charge in [-0.3, -0.25) is 4.98 Å². The van der Waals surface area contributed by atoms with Crippen molar-refractivity contribution in [2.45, 2.75) is 12.5 Å². The summed E-state index contributed by atoms with van der Waals surface area (Å²) >= 11 is 1.75. The molecule has 1 unspecified atom stereocenters. The fourth-order valence-electron chi connectivity index (χ4n) is 2.43. The third kappa shape index (κ3) is 2.53. The lowest BCUT2D eigenvalue weighted by Gasteiger charge is -2.17. The average Bonchev–Trinajstić information content (AvgIpc) is 2.97. The first-order valence-electron chi connectivity index (χ1n) is 6.39. The molecule has 0 spiro atoms. The Morgan fingerprint density at radius 1 is 1.21 bits per heavy atom. The molecule has 19 heavy (non-hydrogen) atoms. The Kier molecular flexibility index (Phi) is 3.58. The van der Waals surface area contributed by atoms with E-state index >= 15 is 0 Å². The number of fused-ring (bicyclic) bond motifs is 1. The van der Waals surface area contributed by atoms with Crippen LogP contribution >= 0.6 is 11.3 Å². The number of nitrogens with one attached hydrogen (secondary N) is 1. The molecule has 96 valence electrons. The van der Waals surface area contributed by atoms with E-state index in [0.717, 1.165) is 6.42 Å². The van der Waals surface area contributed by atoms with Crippen LogP contribution in [0, 0.1) is 0 Å². The average molecular weight is 268 g/mol. The third-order valence-electron chi connectivity index (χ3n) is 3.44. The van der Waals surface area contributed by atoms with E-state index in [1.165, 1.54) is 21.9 Å². The van der Waals surface area contributed by atoms with E-state index in [0.29, 0.717) is 6.04 Å². The first-order valence-corrected chi connectivity index (χ1v) is 7.34. The molecule has 2 nitrogen and oxygen atoms in total. The van der Waals surface area contributed by atoms with Gasteiger partial charge in [-0.1, -0.05) is 24.3 Å². The lowest BCUT2D eigenvalue weighted by molar-refractivity contribution is 0.595. The van der Waals surface area contributed by atoms with Gasteiger partial charge in [0.15, 0.2) is 0 Å². The summed E-state index contributed by atoms with van der Waals surface area (Å²) in [6, 6.07) is 10.9. The highest BCUT2D eigenvalue weighted by Crippen LogP contribution is 2.26. The van der Waals surface area contributed by atoms with Crippen molar-refractivity contribution in [1.82, 2.24) is 10.3 Å². The maximum Gasteiger partial charge on any atom is 0.0380 e. The Hall–Kier alpha value is -1.71. The maximum atomic E-state index is 4.37. The van der Waals surface area contributed by atoms with Gasteiger partial charge < -0.3 is 5.32 Å². The molecule has 3 heteroatoms. The number of benzene rings is 1. The van der Waals surface area contributed by atoms with Crippen LogP contribution < -0.4 is 5.32 Å². The molecule has 0 bridgehead atoms. The van der Waals surface area contributed by atoms with Crippen molar-refractivity contribution >= 4 is 22.1 Å². The van der Waals surface area contributed by atoms with Gasteiger partial charge in [-0.2, -0.15) is 11.3 Å². The Balaban J connectivity index is 2.01. The van der Waals surface area contributed by atoms with Crippen LogP contribution in [0.5, 0.6) is 0 Å². The number of hydrogen-bond donors (Lipinski definition) is 1. The fraction of sp³-hybridized carbons (Fsp3) is 0.188. The van der Waals surface area contributed by atoms with Crippen molar-refractivity contribution in [2.75, 3.05) is 7.05 Å². The molecule has 3 aromatic rings. The van der Waals surface area contributed by atoms with Gasteiger partial charge >= 0.3 is 0 Å². The predicted octanol–water partition coefficient (Wildman–Crippen LogP) is 3.80. The van der Waals surface area contributed by atoms with Gasteiger partial charge in [-0.05, 0) is 46.8 Å². The van der Waals surface area contributed by atoms with Crippen LogP contribution in [0.25, 0.3) is 10.8 Å². The summed E-state index contributed by atoms with van der Waals surface area (Å²) in [5, 5.41) is 10.2. The molecule has 1 atom stereocenters. The molecule has 0 saturated heterocycles. The molecule has 0 aliphatic carbocycles. The first kappa shape index (κ1) is 12.3. The molecule has 1 N–H and O–H groups in total. The van der Waals surface area contributed by atoms with Crippen LogP contribution in [0.4, 0.5) is 0 Å². The van der Waals surface area contributed by atoms with Crippen LogP contribution in [0.3, 0.4) is 0 Å². The van der Waals surface area contributed by atoms with Crippen molar-refractivity contribution in [2.24, 2.45) is 0 Å². The molecule has 0 fully saturated rings. The van der Waals surface area contributed by atoms with Crippen LogP contribution in [0.2, 0.25) is 0 Å². The second-order valence-electron chi connectivity index (χ2n) is 4.63. The topological polar surface area (TPSA) is 24.9 Å². The summed E-state index contributed by atoms with van der Waals surface area (Å²) in [7, 11) is 2.01. The minimum atomic E-state index is 0.299. The summed E-state index contributed by atoms with van der Waals surface area (Å²) in [6.07, 6.45) is 4.90. The zero-order chi connectivity index (χ0) is 13.1. The van der Waals surface area contributed by atoms with E-state index in [2.05, 4.69) is 51.4 Å². The standard InChI is InChI=1S/C16H16N2S/c1-17-16(8-12-6-7-19-11-12)15-10-18-9-13-4-2-3-5-14(13)15/h2-7,9-11,16-17H,8H2,1H3. The van der Waals surface area contributed by atoms with Gasteiger partial charge in [0.2, 0.25) is 0 Å². The molecular formula is C16H16N2S. The van der Waals surface area contributed by atoms with Crippen LogP contribution in [0.1, 0.15) is 17.2 Å². The highest BCUT2D eigenvalue weighted by atomic mass is 32.1. The predicted molar refractivity (Wildman–Crippen MR) is 81.6 cm³/mol. The largest absolute Gasteiger partial charge is 0.313 e. The zero-order valence-corrected chi connectivity index (χ0v) is 11.7. The van der Waals surface area contributed by atoms with Crippen molar-refractivity contribution in [3.8, 4) is 0 Å². The van der Waals surface area contributed by atoms with E-state index < -0.39 is 0 Å². The Labute approximate surface area is 117 Å². The van der Waals surface area contributed by atoms with Gasteiger partial charge in [-0.25, -0.2) is 0 Å². The fourth-order valence-corrected chi connectivity index (χ4v) is 3.11. The summed E-state index contributed by atoms with van der Waals surface area (Å²) < 4.78 is 0. The summed E-state index contributed by atoms with van der Waals surface area (Å²) in [5.41, 5.74) is 2.64. The van der Waals surface area contributed by atoms with Gasteiger partial charge in [0.05, 0.1) is 0 Å². The molecule has 0 aliphatic heterocycles. The molecule has 0 amide bonds. The maximum absolute atomic E-state index is 4.37. The highest BCUT2D eigenvalue weighted by molar-refractivity contribution is 7.07. The monoisotopic (exact) mass is 268 g/mol. The second kappa shape index (κ2) is 5.51. The number of hydrogen-bond acceptors (Lipinski definition) is 3. The van der Waals surface area contributed by atoms with E-state index in [1.54, 1.807) is 11.3 Å². The molecule has 3 rings (SSSR count). The van der Waals surface area contributed by atoms with Crippen LogP contribution in [-0.2, 0) is 6.42 Å². The Bertz CT molecular complexity index is 656. The van der Waals surface area contributed by atoms with Crippen molar-refractivity contribution in [3.05, 3.63) is 64.6 Å². The lowest BCUT2D eigenvalue weighted by Crippen LogP contribution is -2.19. The van der Waals surface area contributed by atoms with E-state index in [9.17, 15) is 0 Å². The van der Waals surface area contributed by atoms with Crippen molar-refractivity contribution < 1.29 is 0 Å². The number of likely N-dealkylation sites (N-methyl/N-ethyl adjacent to an activating group) is 1. The lowest BCUT2D eigenvalue weighted by atomic mass is 9.97. The zero-order valence-electron chi connectivity index (χ0n) is 10.8. The molecule has 0 aliphatic rings. The van der Waals surface area contributed by atoms with E-state index in [4.69, 9.17) is 0 Å². The Morgan fingerprint density at radius 3 is 2.89 bits per heavy atom. The van der Waals surface area contributed by atoms with Crippen molar-refractivity contribution in [3.63, 3.8) is 0 Å². The number of aromatic nitrogens is 1. The smallest absolute Gasteiger partial charge is 0.0380 e. The van der Waals surface area contributed by atoms with Gasteiger partial charge in [0.1, 0.15) is 0 Å². The second-order valence-corrected chi connectivity index (χ2v) is 5.41. The molecule has 1 aromatic carbocycles.